The van der Waals surface area contributed by atoms with Gasteiger partial charge in [-0.1, -0.05) is 24.6 Å². The molecule has 0 N–H and O–H groups in total. The van der Waals surface area contributed by atoms with Gasteiger partial charge in [0.05, 0.1) is 49.4 Å². The van der Waals surface area contributed by atoms with Gasteiger partial charge in [-0.2, -0.15) is 5.10 Å². The van der Waals surface area contributed by atoms with Crippen molar-refractivity contribution in [3.05, 3.63) is 47.8 Å². The van der Waals surface area contributed by atoms with E-state index < -0.39 is 11.6 Å². The van der Waals surface area contributed by atoms with Crippen molar-refractivity contribution >= 4 is 22.7 Å². The topological polar surface area (TPSA) is 78.7 Å². The highest BCUT2D eigenvalue weighted by Crippen LogP contribution is 2.43. The van der Waals surface area contributed by atoms with Crippen LogP contribution in [0.15, 0.2) is 36.4 Å². The summed E-state index contributed by atoms with van der Waals surface area (Å²) in [5, 5.41) is 5.96. The van der Waals surface area contributed by atoms with Crippen LogP contribution >= 0.6 is 0 Å². The number of hydrogen-bond acceptors (Lipinski definition) is 7. The molecule has 1 aliphatic heterocycles. The van der Waals surface area contributed by atoms with Crippen LogP contribution in [0.25, 0.3) is 16.7 Å². The molecule has 8 nitrogen and oxygen atoms in total. The van der Waals surface area contributed by atoms with E-state index >= 15 is 4.39 Å². The van der Waals surface area contributed by atoms with Gasteiger partial charge in [-0.15, -0.1) is 0 Å². The zero-order chi connectivity index (χ0) is 25.1. The number of pyridine rings is 1. The second kappa shape index (κ2) is 10.5. The summed E-state index contributed by atoms with van der Waals surface area (Å²) >= 11 is 0. The number of piperidine rings is 1. The van der Waals surface area contributed by atoms with Crippen molar-refractivity contribution in [2.45, 2.75) is 43.7 Å². The summed E-state index contributed by atoms with van der Waals surface area (Å²) in [5.74, 6) is -0.159. The van der Waals surface area contributed by atoms with Crippen molar-refractivity contribution in [2.75, 3.05) is 52.0 Å². The molecule has 1 saturated carbocycles. The predicted octanol–water partition coefficient (Wildman–Crippen LogP) is 4.45. The van der Waals surface area contributed by atoms with Crippen molar-refractivity contribution in [1.29, 1.82) is 0 Å². The summed E-state index contributed by atoms with van der Waals surface area (Å²) in [7, 11) is 2.95. The summed E-state index contributed by atoms with van der Waals surface area (Å²) < 4.78 is 32.8. The van der Waals surface area contributed by atoms with Crippen LogP contribution in [0.1, 0.15) is 54.2 Å². The number of esters is 1. The number of ether oxygens (including phenoxy) is 3. The van der Waals surface area contributed by atoms with Crippen LogP contribution in [0.3, 0.4) is 0 Å². The molecular formula is C27H33FN4O4. The number of para-hydroxylation sites is 1. The van der Waals surface area contributed by atoms with Crippen LogP contribution in [-0.4, -0.2) is 73.5 Å². The number of methoxy groups -OCH3 is 2. The molecule has 0 radical (unpaired) electrons. The number of carbonyl (C=O) groups excluding carboxylic acids is 1. The number of aromatic nitrogens is 3. The molecule has 1 aromatic carbocycles. The van der Waals surface area contributed by atoms with Crippen LogP contribution in [0.4, 0.5) is 10.1 Å². The first kappa shape index (κ1) is 24.6. The third-order valence-corrected chi connectivity index (χ3v) is 7.32. The van der Waals surface area contributed by atoms with Crippen molar-refractivity contribution in [3.63, 3.8) is 0 Å². The number of halogens is 1. The number of benzene rings is 1. The molecule has 0 spiro atoms. The number of fused-ring (bicyclic) bond motifs is 1. The molecule has 2 aromatic heterocycles. The van der Waals surface area contributed by atoms with Gasteiger partial charge in [0, 0.05) is 39.0 Å². The number of nitrogens with zero attached hydrogens (tertiary/aromatic N) is 4. The number of alkyl halides is 1. The Hall–Kier alpha value is -3.04. The fourth-order valence-electron chi connectivity index (χ4n) is 4.99. The minimum absolute atomic E-state index is 0.0582. The highest BCUT2D eigenvalue weighted by atomic mass is 19.1. The first-order valence-corrected chi connectivity index (χ1v) is 12.6. The Labute approximate surface area is 210 Å². The van der Waals surface area contributed by atoms with Gasteiger partial charge < -0.3 is 19.1 Å². The lowest BCUT2D eigenvalue weighted by Gasteiger charge is -2.38. The molecule has 2 aliphatic rings. The van der Waals surface area contributed by atoms with Gasteiger partial charge in [0.1, 0.15) is 5.67 Å². The highest BCUT2D eigenvalue weighted by molar-refractivity contribution is 5.99. The van der Waals surface area contributed by atoms with Gasteiger partial charge in [-0.3, -0.25) is 0 Å². The van der Waals surface area contributed by atoms with E-state index in [-0.39, 0.29) is 12.3 Å². The monoisotopic (exact) mass is 496 g/mol. The van der Waals surface area contributed by atoms with Crippen LogP contribution in [0.2, 0.25) is 0 Å². The van der Waals surface area contributed by atoms with E-state index in [0.717, 1.165) is 35.3 Å². The summed E-state index contributed by atoms with van der Waals surface area (Å²) in [4.78, 5) is 19.5. The molecule has 5 rings (SSSR count). The third-order valence-electron chi connectivity index (χ3n) is 7.32. The maximum Gasteiger partial charge on any atom is 0.356 e. The normalized spacial score (nSPS) is 17.8. The third kappa shape index (κ3) is 4.82. The molecule has 36 heavy (non-hydrogen) atoms. The minimum atomic E-state index is -1.38. The van der Waals surface area contributed by atoms with Gasteiger partial charge in [-0.25, -0.2) is 18.9 Å². The van der Waals surface area contributed by atoms with Gasteiger partial charge in [-0.05, 0) is 31.0 Å². The quantitative estimate of drug-likeness (QED) is 0.320. The first-order valence-electron chi connectivity index (χ1n) is 12.6. The first-order chi connectivity index (χ1) is 17.5. The zero-order valence-corrected chi connectivity index (χ0v) is 20.9. The van der Waals surface area contributed by atoms with Gasteiger partial charge in [0.25, 0.3) is 0 Å². The molecule has 3 heterocycles. The molecule has 3 aromatic rings. The zero-order valence-electron chi connectivity index (χ0n) is 20.9. The van der Waals surface area contributed by atoms with Crippen LogP contribution < -0.4 is 4.90 Å². The Bertz CT molecular complexity index is 1200. The predicted molar refractivity (Wildman–Crippen MR) is 135 cm³/mol. The Morgan fingerprint density at radius 2 is 1.89 bits per heavy atom. The summed E-state index contributed by atoms with van der Waals surface area (Å²) in [6, 6.07) is 11.6. The number of anilines is 1. The molecular weight excluding hydrogens is 463 g/mol. The average molecular weight is 497 g/mol. The molecule has 1 saturated heterocycles. The fourth-order valence-corrected chi connectivity index (χ4v) is 4.99. The molecule has 0 amide bonds. The van der Waals surface area contributed by atoms with E-state index in [2.05, 4.69) is 4.90 Å². The largest absolute Gasteiger partial charge is 0.464 e. The molecule has 0 bridgehead atoms. The molecule has 0 unspecified atom stereocenters. The molecule has 0 atom stereocenters. The Morgan fingerprint density at radius 3 is 2.53 bits per heavy atom. The van der Waals surface area contributed by atoms with Crippen molar-refractivity contribution in [1.82, 2.24) is 14.8 Å². The summed E-state index contributed by atoms with van der Waals surface area (Å²) in [6.07, 6.45) is 3.99. The van der Waals surface area contributed by atoms with E-state index in [9.17, 15) is 4.79 Å². The minimum Gasteiger partial charge on any atom is -0.464 e. The van der Waals surface area contributed by atoms with E-state index in [0.29, 0.717) is 50.7 Å². The second-order valence-electron chi connectivity index (χ2n) is 9.66. The smallest absolute Gasteiger partial charge is 0.356 e. The van der Waals surface area contributed by atoms with E-state index in [1.807, 2.05) is 35.0 Å². The fraction of sp³-hybridized carbons (Fsp3) is 0.519. The molecule has 1 aliphatic carbocycles. The molecule has 192 valence electrons. The SMILES string of the molecule is COCCOCC1(F)CCN(c2cc(C(=O)OC)nc3c2c(C2CCC2)nn3-c2ccccc2)CC1. The maximum atomic E-state index is 15.5. The second-order valence-corrected chi connectivity index (χ2v) is 9.66. The number of carbonyl (C=O) groups is 1. The number of rotatable bonds is 9. The lowest BCUT2D eigenvalue weighted by atomic mass is 9.81. The summed E-state index contributed by atoms with van der Waals surface area (Å²) in [5.41, 5.74) is 2.21. The van der Waals surface area contributed by atoms with Crippen molar-refractivity contribution in [2.24, 2.45) is 0 Å². The lowest BCUT2D eigenvalue weighted by Crippen LogP contribution is -2.44. The van der Waals surface area contributed by atoms with Gasteiger partial charge >= 0.3 is 5.97 Å². The van der Waals surface area contributed by atoms with Crippen LogP contribution in [-0.2, 0) is 14.2 Å². The van der Waals surface area contributed by atoms with Crippen molar-refractivity contribution < 1.29 is 23.4 Å². The molecule has 9 heteroatoms. The van der Waals surface area contributed by atoms with Crippen molar-refractivity contribution in [3.8, 4) is 5.69 Å². The maximum absolute atomic E-state index is 15.5. The average Bonchev–Trinajstić information content (AvgIpc) is 3.25. The van der Waals surface area contributed by atoms with Crippen LogP contribution in [0.5, 0.6) is 0 Å². The lowest BCUT2D eigenvalue weighted by molar-refractivity contribution is -0.0161. The highest BCUT2D eigenvalue weighted by Gasteiger charge is 2.37. The van der Waals surface area contributed by atoms with E-state index in [1.165, 1.54) is 13.5 Å². The number of hydrogen-bond donors (Lipinski definition) is 0. The van der Waals surface area contributed by atoms with E-state index in [4.69, 9.17) is 24.3 Å². The van der Waals surface area contributed by atoms with Gasteiger partial charge in [0.2, 0.25) is 0 Å². The van der Waals surface area contributed by atoms with Gasteiger partial charge in [0.15, 0.2) is 11.3 Å². The summed E-state index contributed by atoms with van der Waals surface area (Å²) in [6.45, 7) is 1.89. The molecule has 2 fully saturated rings. The standard InChI is InChI=1S/C27H33FN4O4/c1-34-15-16-36-18-27(28)11-13-31(14-12-27)22-17-21(26(33)35-2)29-25-23(22)24(19-7-6-8-19)30-32(25)20-9-4-3-5-10-20/h3-5,9-10,17,19H,6-8,11-16,18H2,1-2H3. The Kier molecular flexibility index (Phi) is 7.20. The van der Waals surface area contributed by atoms with E-state index in [1.54, 1.807) is 13.2 Å². The van der Waals surface area contributed by atoms with Crippen LogP contribution in [0, 0.1) is 0 Å². The Balaban J connectivity index is 1.54. The Morgan fingerprint density at radius 1 is 1.14 bits per heavy atom.